The van der Waals surface area contributed by atoms with Crippen molar-refractivity contribution in [1.29, 1.82) is 0 Å². The Kier molecular flexibility index (Phi) is 12.2. The Morgan fingerprint density at radius 1 is 0.744 bits per heavy atom. The van der Waals surface area contributed by atoms with Crippen LogP contribution in [0.25, 0.3) is 0 Å². The third-order valence-corrected chi connectivity index (χ3v) is 9.74. The van der Waals surface area contributed by atoms with Crippen LogP contribution in [-0.2, 0) is 6.42 Å². The third-order valence-electron chi connectivity index (χ3n) is 9.74. The lowest BCUT2D eigenvalue weighted by Crippen LogP contribution is -2.17. The van der Waals surface area contributed by atoms with Gasteiger partial charge in [-0.05, 0) is 104 Å². The maximum absolute atomic E-state index is 14.8. The molecule has 3 heteroatoms. The van der Waals surface area contributed by atoms with Gasteiger partial charge in [0.15, 0.2) is 11.6 Å². The zero-order valence-corrected chi connectivity index (χ0v) is 24.6. The third kappa shape index (κ3) is 9.32. The molecule has 0 radical (unpaired) electrons. The molecule has 0 aliphatic heterocycles. The smallest absolute Gasteiger partial charge is 0.165 e. The number of unbranched alkanes of at least 4 members (excludes halogenated alkanes) is 4. The van der Waals surface area contributed by atoms with Gasteiger partial charge in [-0.15, -0.1) is 0 Å². The summed E-state index contributed by atoms with van der Waals surface area (Å²) >= 11 is 0. The van der Waals surface area contributed by atoms with E-state index in [-0.39, 0.29) is 18.2 Å². The Labute approximate surface area is 237 Å². The first-order valence-corrected chi connectivity index (χ1v) is 16.2. The molecule has 2 fully saturated rings. The Balaban J connectivity index is 1.17. The fourth-order valence-corrected chi connectivity index (χ4v) is 7.03. The summed E-state index contributed by atoms with van der Waals surface area (Å²) in [5.41, 5.74) is 3.44. The zero-order chi connectivity index (χ0) is 27.5. The normalized spacial score (nSPS) is 24.4. The molecule has 1 nitrogen and oxygen atoms in total. The molecule has 0 amide bonds. The molecule has 0 aromatic heterocycles. The molecule has 2 aliphatic carbocycles. The first kappa shape index (κ1) is 30.1. The van der Waals surface area contributed by atoms with Gasteiger partial charge >= 0.3 is 0 Å². The molecule has 216 valence electrons. The van der Waals surface area contributed by atoms with Crippen LogP contribution in [0.4, 0.5) is 8.78 Å². The summed E-state index contributed by atoms with van der Waals surface area (Å²) in [6.45, 7) is 4.41. The molecule has 2 aliphatic rings. The Hall–Kier alpha value is -1.90. The van der Waals surface area contributed by atoms with Crippen LogP contribution < -0.4 is 4.74 Å². The molecule has 1 atom stereocenters. The Morgan fingerprint density at radius 3 is 2.00 bits per heavy atom. The topological polar surface area (TPSA) is 9.23 Å². The molecule has 0 saturated heterocycles. The summed E-state index contributed by atoms with van der Waals surface area (Å²) in [5.74, 6) is 2.61. The number of rotatable bonds is 14. The first-order valence-electron chi connectivity index (χ1n) is 16.2. The minimum absolute atomic E-state index is 0.123. The fourth-order valence-electron chi connectivity index (χ4n) is 7.03. The van der Waals surface area contributed by atoms with Crippen molar-refractivity contribution in [3.05, 3.63) is 65.0 Å². The Bertz CT molecular complexity index is 955. The second-order valence-corrected chi connectivity index (χ2v) is 12.6. The van der Waals surface area contributed by atoms with Crippen LogP contribution in [0.2, 0.25) is 0 Å². The van der Waals surface area contributed by atoms with E-state index in [1.165, 1.54) is 89.0 Å². The summed E-state index contributed by atoms with van der Waals surface area (Å²) < 4.78 is 35.1. The molecular formula is C36H52F2O. The van der Waals surface area contributed by atoms with Gasteiger partial charge in [-0.25, -0.2) is 8.78 Å². The summed E-state index contributed by atoms with van der Waals surface area (Å²) in [6.07, 6.45) is 18.6. The maximum Gasteiger partial charge on any atom is 0.165 e. The molecule has 0 spiro atoms. The quantitative estimate of drug-likeness (QED) is 0.217. The predicted molar refractivity (Wildman–Crippen MR) is 160 cm³/mol. The molecule has 39 heavy (non-hydrogen) atoms. The zero-order valence-electron chi connectivity index (χ0n) is 24.6. The van der Waals surface area contributed by atoms with E-state index in [0.717, 1.165) is 35.8 Å². The van der Waals surface area contributed by atoms with E-state index in [1.807, 2.05) is 6.07 Å². The van der Waals surface area contributed by atoms with Gasteiger partial charge in [0.1, 0.15) is 12.8 Å². The van der Waals surface area contributed by atoms with Crippen molar-refractivity contribution < 1.29 is 13.5 Å². The number of alkyl halides is 1. The van der Waals surface area contributed by atoms with Crippen molar-refractivity contribution in [2.24, 2.45) is 11.8 Å². The molecule has 2 aromatic carbocycles. The predicted octanol–water partition coefficient (Wildman–Crippen LogP) is 11.1. The van der Waals surface area contributed by atoms with Gasteiger partial charge < -0.3 is 4.74 Å². The highest BCUT2D eigenvalue weighted by molar-refractivity contribution is 5.32. The lowest BCUT2D eigenvalue weighted by atomic mass is 9.77. The summed E-state index contributed by atoms with van der Waals surface area (Å²) in [4.78, 5) is 0. The average molecular weight is 539 g/mol. The minimum atomic E-state index is -1.16. The van der Waals surface area contributed by atoms with E-state index in [4.69, 9.17) is 4.74 Å². The number of halogens is 2. The molecule has 0 N–H and O–H groups in total. The fraction of sp³-hybridized carbons (Fsp3) is 0.667. The number of benzene rings is 2. The Morgan fingerprint density at radius 2 is 1.36 bits per heavy atom. The van der Waals surface area contributed by atoms with E-state index >= 15 is 0 Å². The second kappa shape index (κ2) is 15.8. The SMILES string of the molecule is CCCCCCCC1CCC(c2ccc(CC(F)COc3ccc(C4CCC(CC)CC4)cc3F)cc2)CC1. The van der Waals surface area contributed by atoms with Crippen LogP contribution in [0.1, 0.15) is 139 Å². The van der Waals surface area contributed by atoms with Gasteiger partial charge in [-0.1, -0.05) is 89.1 Å². The van der Waals surface area contributed by atoms with E-state index in [9.17, 15) is 8.78 Å². The first-order chi connectivity index (χ1) is 19.1. The second-order valence-electron chi connectivity index (χ2n) is 12.6. The largest absolute Gasteiger partial charge is 0.487 e. The number of hydrogen-bond acceptors (Lipinski definition) is 1. The van der Waals surface area contributed by atoms with Gasteiger partial charge in [0.2, 0.25) is 0 Å². The van der Waals surface area contributed by atoms with E-state index in [1.54, 1.807) is 12.1 Å². The van der Waals surface area contributed by atoms with Crippen molar-refractivity contribution in [2.75, 3.05) is 6.61 Å². The van der Waals surface area contributed by atoms with Crippen molar-refractivity contribution >= 4 is 0 Å². The van der Waals surface area contributed by atoms with Crippen LogP contribution in [0.3, 0.4) is 0 Å². The molecule has 4 rings (SSSR count). The molecule has 0 bridgehead atoms. The van der Waals surface area contributed by atoms with Crippen LogP contribution in [0.15, 0.2) is 42.5 Å². The van der Waals surface area contributed by atoms with Crippen molar-refractivity contribution in [3.63, 3.8) is 0 Å². The highest BCUT2D eigenvalue weighted by Gasteiger charge is 2.23. The summed E-state index contributed by atoms with van der Waals surface area (Å²) in [6, 6.07) is 13.8. The lowest BCUT2D eigenvalue weighted by molar-refractivity contribution is 0.189. The van der Waals surface area contributed by atoms with Crippen molar-refractivity contribution in [1.82, 2.24) is 0 Å². The molecule has 1 unspecified atom stereocenters. The van der Waals surface area contributed by atoms with E-state index in [0.29, 0.717) is 18.3 Å². The van der Waals surface area contributed by atoms with Gasteiger partial charge in [0.05, 0.1) is 0 Å². The monoisotopic (exact) mass is 538 g/mol. The standard InChI is InChI=1S/C36H52F2O/c1-3-5-6-7-8-9-28-12-18-30(19-13-28)31-20-14-29(15-21-31)24-34(37)26-39-36-23-22-33(25-35(36)38)32-16-10-27(4-2)11-17-32/h14-15,20-23,25,27-28,30,32,34H,3-13,16-19,24,26H2,1-2H3. The van der Waals surface area contributed by atoms with Crippen LogP contribution in [0, 0.1) is 17.7 Å². The van der Waals surface area contributed by atoms with Crippen molar-refractivity contribution in [3.8, 4) is 5.75 Å². The number of hydrogen-bond donors (Lipinski definition) is 0. The van der Waals surface area contributed by atoms with Crippen LogP contribution in [-0.4, -0.2) is 12.8 Å². The minimum Gasteiger partial charge on any atom is -0.487 e. The van der Waals surface area contributed by atoms with Gasteiger partial charge in [-0.2, -0.15) is 0 Å². The van der Waals surface area contributed by atoms with Gasteiger partial charge in [-0.3, -0.25) is 0 Å². The summed E-state index contributed by atoms with van der Waals surface area (Å²) in [5, 5.41) is 0. The van der Waals surface area contributed by atoms with Gasteiger partial charge in [0, 0.05) is 6.42 Å². The maximum atomic E-state index is 14.8. The highest BCUT2D eigenvalue weighted by Crippen LogP contribution is 2.39. The highest BCUT2D eigenvalue weighted by atomic mass is 19.1. The number of ether oxygens (including phenoxy) is 1. The molecule has 0 heterocycles. The molecule has 2 aromatic rings. The van der Waals surface area contributed by atoms with Crippen molar-refractivity contribution in [2.45, 2.75) is 135 Å². The van der Waals surface area contributed by atoms with E-state index in [2.05, 4.69) is 38.1 Å². The summed E-state index contributed by atoms with van der Waals surface area (Å²) in [7, 11) is 0. The van der Waals surface area contributed by atoms with Gasteiger partial charge in [0.25, 0.3) is 0 Å². The molecule has 2 saturated carbocycles. The van der Waals surface area contributed by atoms with Crippen LogP contribution >= 0.6 is 0 Å². The molecular weight excluding hydrogens is 486 g/mol. The average Bonchev–Trinajstić information content (AvgIpc) is 2.97. The van der Waals surface area contributed by atoms with Crippen LogP contribution in [0.5, 0.6) is 5.75 Å². The van der Waals surface area contributed by atoms with E-state index < -0.39 is 6.17 Å². The lowest BCUT2D eigenvalue weighted by Gasteiger charge is -2.29.